The van der Waals surface area contributed by atoms with Crippen molar-refractivity contribution in [2.45, 2.75) is 38.3 Å². The van der Waals surface area contributed by atoms with E-state index in [0.29, 0.717) is 6.04 Å². The molecule has 1 aliphatic rings. The first-order valence-electron chi connectivity index (χ1n) is 7.41. The van der Waals surface area contributed by atoms with Crippen LogP contribution in [0.3, 0.4) is 0 Å². The predicted molar refractivity (Wildman–Crippen MR) is 79.2 cm³/mol. The first-order chi connectivity index (χ1) is 9.29. The molecule has 2 unspecified atom stereocenters. The number of aryl methyl sites for hydroxylation is 1. The van der Waals surface area contributed by atoms with Gasteiger partial charge in [-0.15, -0.1) is 0 Å². The van der Waals surface area contributed by atoms with Gasteiger partial charge in [-0.25, -0.2) is 0 Å². The Morgan fingerprint density at radius 2 is 2.16 bits per heavy atom. The van der Waals surface area contributed by atoms with Crippen molar-refractivity contribution in [3.05, 3.63) is 35.9 Å². The summed E-state index contributed by atoms with van der Waals surface area (Å²) in [6, 6.07) is 11.4. The molecule has 1 aromatic carbocycles. The Kier molecular flexibility index (Phi) is 5.83. The summed E-state index contributed by atoms with van der Waals surface area (Å²) in [7, 11) is 0. The van der Waals surface area contributed by atoms with Crippen molar-refractivity contribution in [3.8, 4) is 0 Å². The third-order valence-electron chi connectivity index (χ3n) is 3.94. The minimum atomic E-state index is 0.257. The Morgan fingerprint density at radius 3 is 2.89 bits per heavy atom. The van der Waals surface area contributed by atoms with E-state index >= 15 is 0 Å². The number of nitrogens with two attached hydrogens (primary N) is 1. The van der Waals surface area contributed by atoms with Crippen LogP contribution < -0.4 is 5.73 Å². The highest BCUT2D eigenvalue weighted by Crippen LogP contribution is 2.12. The van der Waals surface area contributed by atoms with Gasteiger partial charge in [-0.05, 0) is 24.8 Å². The van der Waals surface area contributed by atoms with Gasteiger partial charge in [0, 0.05) is 25.2 Å². The predicted octanol–water partition coefficient (Wildman–Crippen LogP) is 2.06. The lowest BCUT2D eigenvalue weighted by molar-refractivity contribution is -0.0112. The Labute approximate surface area is 116 Å². The van der Waals surface area contributed by atoms with E-state index in [2.05, 4.69) is 42.2 Å². The molecule has 0 amide bonds. The zero-order valence-corrected chi connectivity index (χ0v) is 11.9. The van der Waals surface area contributed by atoms with Crippen LogP contribution in [0, 0.1) is 0 Å². The number of morpholine rings is 1. The number of hydrogen-bond donors (Lipinski definition) is 1. The van der Waals surface area contributed by atoms with Gasteiger partial charge in [0.15, 0.2) is 0 Å². The molecule has 0 bridgehead atoms. The minimum absolute atomic E-state index is 0.257. The Hall–Kier alpha value is -0.900. The van der Waals surface area contributed by atoms with Gasteiger partial charge < -0.3 is 10.5 Å². The van der Waals surface area contributed by atoms with Gasteiger partial charge in [0.25, 0.3) is 0 Å². The normalized spacial score (nSPS) is 22.3. The van der Waals surface area contributed by atoms with Gasteiger partial charge >= 0.3 is 0 Å². The fourth-order valence-electron chi connectivity index (χ4n) is 2.69. The highest BCUT2D eigenvalue weighted by Gasteiger charge is 2.22. The molecule has 0 saturated carbocycles. The topological polar surface area (TPSA) is 38.5 Å². The number of ether oxygens (including phenoxy) is 1. The molecule has 1 fully saturated rings. The van der Waals surface area contributed by atoms with Crippen LogP contribution in [0.2, 0.25) is 0 Å². The molecular weight excluding hydrogens is 236 g/mol. The summed E-state index contributed by atoms with van der Waals surface area (Å²) < 4.78 is 5.53. The van der Waals surface area contributed by atoms with E-state index in [9.17, 15) is 0 Å². The fraction of sp³-hybridized carbons (Fsp3) is 0.625. The molecule has 1 aromatic rings. The smallest absolute Gasteiger partial charge is 0.0622 e. The van der Waals surface area contributed by atoms with Crippen molar-refractivity contribution in [1.29, 1.82) is 0 Å². The molecule has 1 heterocycles. The van der Waals surface area contributed by atoms with Gasteiger partial charge in [-0.2, -0.15) is 0 Å². The van der Waals surface area contributed by atoms with Crippen molar-refractivity contribution >= 4 is 0 Å². The summed E-state index contributed by atoms with van der Waals surface area (Å²) >= 11 is 0. The van der Waals surface area contributed by atoms with Crippen molar-refractivity contribution in [1.82, 2.24) is 4.90 Å². The van der Waals surface area contributed by atoms with Gasteiger partial charge in [0.2, 0.25) is 0 Å². The van der Waals surface area contributed by atoms with E-state index in [1.807, 2.05) is 0 Å². The van der Waals surface area contributed by atoms with E-state index < -0.39 is 0 Å². The van der Waals surface area contributed by atoms with Crippen LogP contribution in [-0.4, -0.2) is 43.3 Å². The summed E-state index contributed by atoms with van der Waals surface area (Å²) in [5, 5.41) is 0. The highest BCUT2D eigenvalue weighted by molar-refractivity contribution is 5.14. The number of hydrogen-bond acceptors (Lipinski definition) is 3. The van der Waals surface area contributed by atoms with Gasteiger partial charge in [-0.1, -0.05) is 37.3 Å². The molecule has 2 rings (SSSR count). The number of nitrogens with zero attached hydrogens (tertiary/aromatic N) is 1. The summed E-state index contributed by atoms with van der Waals surface area (Å²) in [5.41, 5.74) is 7.67. The molecule has 3 nitrogen and oxygen atoms in total. The summed E-state index contributed by atoms with van der Waals surface area (Å²) in [6.45, 7) is 5.96. The van der Waals surface area contributed by atoms with E-state index in [0.717, 1.165) is 45.6 Å². The van der Waals surface area contributed by atoms with Crippen molar-refractivity contribution < 1.29 is 4.74 Å². The van der Waals surface area contributed by atoms with Crippen LogP contribution in [0.25, 0.3) is 0 Å². The summed E-state index contributed by atoms with van der Waals surface area (Å²) in [5.74, 6) is 0. The molecule has 106 valence electrons. The molecule has 2 N–H and O–H groups in total. The highest BCUT2D eigenvalue weighted by atomic mass is 16.5. The van der Waals surface area contributed by atoms with Crippen molar-refractivity contribution in [3.63, 3.8) is 0 Å². The van der Waals surface area contributed by atoms with Crippen molar-refractivity contribution in [2.24, 2.45) is 5.73 Å². The first-order valence-corrected chi connectivity index (χ1v) is 7.41. The monoisotopic (exact) mass is 262 g/mol. The van der Waals surface area contributed by atoms with Gasteiger partial charge in [0.05, 0.1) is 13.2 Å². The Bertz CT molecular complexity index is 355. The van der Waals surface area contributed by atoms with Crippen LogP contribution in [0.15, 0.2) is 30.3 Å². The zero-order valence-electron chi connectivity index (χ0n) is 11.9. The van der Waals surface area contributed by atoms with Crippen LogP contribution in [0.4, 0.5) is 0 Å². The fourth-order valence-corrected chi connectivity index (χ4v) is 2.69. The molecular formula is C16H26N2O. The minimum Gasteiger partial charge on any atom is -0.378 e. The molecule has 0 spiro atoms. The largest absolute Gasteiger partial charge is 0.378 e. The summed E-state index contributed by atoms with van der Waals surface area (Å²) in [4.78, 5) is 2.50. The third-order valence-corrected chi connectivity index (χ3v) is 3.94. The Morgan fingerprint density at radius 1 is 1.37 bits per heavy atom. The molecule has 19 heavy (non-hydrogen) atoms. The van der Waals surface area contributed by atoms with Gasteiger partial charge in [-0.3, -0.25) is 4.90 Å². The first kappa shape index (κ1) is 14.5. The lowest BCUT2D eigenvalue weighted by Crippen LogP contribution is -2.49. The third kappa shape index (κ3) is 4.60. The molecule has 0 aliphatic carbocycles. The van der Waals surface area contributed by atoms with E-state index in [1.165, 1.54) is 5.56 Å². The average Bonchev–Trinajstić information content (AvgIpc) is 2.47. The second-order valence-electron chi connectivity index (χ2n) is 5.42. The summed E-state index contributed by atoms with van der Waals surface area (Å²) in [6.07, 6.45) is 3.27. The molecule has 1 aliphatic heterocycles. The van der Waals surface area contributed by atoms with Crippen LogP contribution >= 0.6 is 0 Å². The molecule has 0 radical (unpaired) electrons. The lowest BCUT2D eigenvalue weighted by atomic mass is 10.0. The maximum absolute atomic E-state index is 6.29. The Balaban J connectivity index is 1.75. The molecule has 1 saturated heterocycles. The maximum atomic E-state index is 6.29. The maximum Gasteiger partial charge on any atom is 0.0622 e. The number of rotatable bonds is 6. The second-order valence-corrected chi connectivity index (χ2v) is 5.42. The zero-order chi connectivity index (χ0) is 13.5. The standard InChI is InChI=1S/C16H26N2O/c1-2-16-13-19-11-10-18(16)12-15(17)9-8-14-6-4-3-5-7-14/h3-7,15-16H,2,8-13,17H2,1H3. The second kappa shape index (κ2) is 7.63. The average molecular weight is 262 g/mol. The van der Waals surface area contributed by atoms with Crippen LogP contribution in [0.5, 0.6) is 0 Å². The van der Waals surface area contributed by atoms with Crippen molar-refractivity contribution in [2.75, 3.05) is 26.3 Å². The van der Waals surface area contributed by atoms with E-state index in [1.54, 1.807) is 0 Å². The quantitative estimate of drug-likeness (QED) is 0.853. The lowest BCUT2D eigenvalue weighted by Gasteiger charge is -2.36. The van der Waals surface area contributed by atoms with Gasteiger partial charge in [0.1, 0.15) is 0 Å². The van der Waals surface area contributed by atoms with E-state index in [4.69, 9.17) is 10.5 Å². The van der Waals surface area contributed by atoms with Crippen LogP contribution in [0.1, 0.15) is 25.3 Å². The molecule has 2 atom stereocenters. The molecule has 3 heteroatoms. The molecule has 0 aromatic heterocycles. The SMILES string of the molecule is CCC1COCCN1CC(N)CCc1ccccc1. The van der Waals surface area contributed by atoms with E-state index in [-0.39, 0.29) is 6.04 Å². The van der Waals surface area contributed by atoms with Crippen LogP contribution in [-0.2, 0) is 11.2 Å². The number of benzene rings is 1.